The van der Waals surface area contributed by atoms with Crippen LogP contribution in [0.5, 0.6) is 0 Å². The molecule has 17 heavy (non-hydrogen) atoms. The third kappa shape index (κ3) is 3.18. The lowest BCUT2D eigenvalue weighted by molar-refractivity contribution is -0.204. The van der Waals surface area contributed by atoms with Gasteiger partial charge in [0.2, 0.25) is 0 Å². The van der Waals surface area contributed by atoms with E-state index < -0.39 is 23.7 Å². The van der Waals surface area contributed by atoms with Gasteiger partial charge in [-0.2, -0.15) is 13.2 Å². The zero-order chi connectivity index (χ0) is 13.3. The summed E-state index contributed by atoms with van der Waals surface area (Å²) in [6.07, 6.45) is -2.12. The van der Waals surface area contributed by atoms with Gasteiger partial charge in [-0.25, -0.2) is 9.59 Å². The summed E-state index contributed by atoms with van der Waals surface area (Å²) in [4.78, 5) is 22.0. The summed E-state index contributed by atoms with van der Waals surface area (Å²) in [5, 5.41) is 0. The predicted molar refractivity (Wildman–Crippen MR) is 51.7 cm³/mol. The number of alkyl halides is 3. The first-order chi connectivity index (χ1) is 7.65. The Morgan fingerprint density at radius 3 is 2.06 bits per heavy atom. The van der Waals surface area contributed by atoms with Crippen molar-refractivity contribution in [1.82, 2.24) is 0 Å². The second-order valence-corrected chi connectivity index (χ2v) is 4.44. The van der Waals surface area contributed by atoms with Crippen molar-refractivity contribution in [3.05, 3.63) is 0 Å². The minimum absolute atomic E-state index is 0.240. The van der Waals surface area contributed by atoms with Crippen LogP contribution in [-0.2, 0) is 14.3 Å². The van der Waals surface area contributed by atoms with Crippen LogP contribution in [0.25, 0.3) is 0 Å². The van der Waals surface area contributed by atoms with Crippen LogP contribution in [0.4, 0.5) is 13.2 Å². The van der Waals surface area contributed by atoms with Crippen LogP contribution in [0.3, 0.4) is 0 Å². The summed E-state index contributed by atoms with van der Waals surface area (Å²) in [7, 11) is 0. The fourth-order valence-electron chi connectivity index (χ4n) is 1.94. The van der Waals surface area contributed by atoms with Crippen molar-refractivity contribution in [2.24, 2.45) is 11.7 Å². The van der Waals surface area contributed by atoms with Gasteiger partial charge < -0.3 is 10.5 Å². The Morgan fingerprint density at radius 2 is 1.65 bits per heavy atom. The molecule has 1 aliphatic rings. The fourth-order valence-corrected chi connectivity index (χ4v) is 1.94. The van der Waals surface area contributed by atoms with Gasteiger partial charge in [-0.05, 0) is 25.7 Å². The van der Waals surface area contributed by atoms with E-state index in [0.29, 0.717) is 12.8 Å². The van der Waals surface area contributed by atoms with Crippen molar-refractivity contribution in [1.29, 1.82) is 0 Å². The summed E-state index contributed by atoms with van der Waals surface area (Å²) in [5.41, 5.74) is 4.12. The minimum Gasteiger partial charge on any atom is -0.385 e. The van der Waals surface area contributed by atoms with Crippen LogP contribution < -0.4 is 5.73 Å². The number of rotatable bonds is 2. The van der Waals surface area contributed by atoms with Crippen molar-refractivity contribution in [3.63, 3.8) is 0 Å². The molecule has 0 bridgehead atoms. The van der Waals surface area contributed by atoms with Gasteiger partial charge in [0.05, 0.1) is 0 Å². The number of hydrogen-bond acceptors (Lipinski definition) is 4. The molecule has 1 saturated carbocycles. The summed E-state index contributed by atoms with van der Waals surface area (Å²) in [6, 6.07) is 0. The second-order valence-electron chi connectivity index (χ2n) is 4.44. The highest BCUT2D eigenvalue weighted by atomic mass is 19.4. The normalized spacial score (nSPS) is 21.0. The maximum atomic E-state index is 11.9. The summed E-state index contributed by atoms with van der Waals surface area (Å²) in [5.74, 6) is -4.07. The highest BCUT2D eigenvalue weighted by molar-refractivity contribution is 5.93. The van der Waals surface area contributed by atoms with Crippen molar-refractivity contribution in [2.45, 2.75) is 44.3 Å². The lowest BCUT2D eigenvalue weighted by Crippen LogP contribution is -2.53. The Balaban J connectivity index is 2.66. The number of carbonyl (C=O) groups is 2. The molecule has 0 radical (unpaired) electrons. The van der Waals surface area contributed by atoms with E-state index in [1.807, 2.05) is 0 Å². The molecule has 1 atom stereocenters. The average molecular weight is 253 g/mol. The topological polar surface area (TPSA) is 69.4 Å². The van der Waals surface area contributed by atoms with Gasteiger partial charge in [-0.1, -0.05) is 12.8 Å². The molecule has 0 unspecified atom stereocenters. The average Bonchev–Trinajstić information content (AvgIpc) is 2.68. The molecule has 0 saturated heterocycles. The lowest BCUT2D eigenvalue weighted by Gasteiger charge is -2.28. The van der Waals surface area contributed by atoms with Crippen LogP contribution in [0.2, 0.25) is 0 Å². The van der Waals surface area contributed by atoms with Crippen LogP contribution in [-0.4, -0.2) is 23.7 Å². The second kappa shape index (κ2) is 4.64. The van der Waals surface area contributed by atoms with Crippen molar-refractivity contribution in [2.75, 3.05) is 0 Å². The van der Waals surface area contributed by atoms with Gasteiger partial charge in [0.25, 0.3) is 0 Å². The lowest BCUT2D eigenvalue weighted by atomic mass is 9.85. The Labute approximate surface area is 96.3 Å². The molecule has 0 heterocycles. The molecule has 4 nitrogen and oxygen atoms in total. The maximum absolute atomic E-state index is 11.9. The smallest absolute Gasteiger partial charge is 0.385 e. The monoisotopic (exact) mass is 253 g/mol. The SMILES string of the molecule is C[C@@](N)(C(=O)OC(=O)C(F)(F)F)C1CCCC1. The number of esters is 2. The number of carbonyl (C=O) groups excluding carboxylic acids is 2. The third-order valence-electron chi connectivity index (χ3n) is 3.06. The Hall–Kier alpha value is -1.11. The van der Waals surface area contributed by atoms with E-state index in [1.54, 1.807) is 0 Å². The van der Waals surface area contributed by atoms with Crippen LogP contribution in [0.15, 0.2) is 0 Å². The van der Waals surface area contributed by atoms with Gasteiger partial charge in [0.15, 0.2) is 0 Å². The molecule has 0 aromatic rings. The van der Waals surface area contributed by atoms with Gasteiger partial charge >= 0.3 is 18.1 Å². The molecule has 1 aliphatic carbocycles. The summed E-state index contributed by atoms with van der Waals surface area (Å²) < 4.78 is 39.5. The summed E-state index contributed by atoms with van der Waals surface area (Å²) >= 11 is 0. The highest BCUT2D eigenvalue weighted by Gasteiger charge is 2.47. The highest BCUT2D eigenvalue weighted by Crippen LogP contribution is 2.33. The molecule has 0 amide bonds. The molecule has 1 rings (SSSR count). The zero-order valence-electron chi connectivity index (χ0n) is 9.34. The quantitative estimate of drug-likeness (QED) is 0.598. The molecular weight excluding hydrogens is 239 g/mol. The third-order valence-corrected chi connectivity index (χ3v) is 3.06. The Morgan fingerprint density at radius 1 is 1.18 bits per heavy atom. The van der Waals surface area contributed by atoms with Gasteiger partial charge in [-0.3, -0.25) is 0 Å². The van der Waals surface area contributed by atoms with Crippen molar-refractivity contribution >= 4 is 11.9 Å². The first kappa shape index (κ1) is 14.0. The number of halogens is 3. The molecule has 0 spiro atoms. The molecule has 98 valence electrons. The fraction of sp³-hybridized carbons (Fsp3) is 0.800. The predicted octanol–water partition coefficient (Wildman–Crippen LogP) is 1.53. The van der Waals surface area contributed by atoms with E-state index >= 15 is 0 Å². The first-order valence-corrected chi connectivity index (χ1v) is 5.28. The van der Waals surface area contributed by atoms with E-state index in [0.717, 1.165) is 12.8 Å². The largest absolute Gasteiger partial charge is 0.491 e. The molecule has 0 aromatic heterocycles. The van der Waals surface area contributed by atoms with Crippen LogP contribution >= 0.6 is 0 Å². The molecule has 0 aliphatic heterocycles. The van der Waals surface area contributed by atoms with Gasteiger partial charge in [0.1, 0.15) is 5.54 Å². The number of ether oxygens (including phenoxy) is 1. The van der Waals surface area contributed by atoms with Crippen LogP contribution in [0, 0.1) is 5.92 Å². The van der Waals surface area contributed by atoms with E-state index in [4.69, 9.17) is 5.73 Å². The maximum Gasteiger partial charge on any atom is 0.491 e. The number of hydrogen-bond donors (Lipinski definition) is 1. The van der Waals surface area contributed by atoms with E-state index in [9.17, 15) is 22.8 Å². The molecule has 2 N–H and O–H groups in total. The number of nitrogens with two attached hydrogens (primary N) is 1. The van der Waals surface area contributed by atoms with E-state index in [1.165, 1.54) is 6.92 Å². The van der Waals surface area contributed by atoms with E-state index in [-0.39, 0.29) is 5.92 Å². The molecule has 0 aromatic carbocycles. The first-order valence-electron chi connectivity index (χ1n) is 5.28. The zero-order valence-corrected chi connectivity index (χ0v) is 9.34. The minimum atomic E-state index is -5.18. The Bertz CT molecular complexity index is 319. The van der Waals surface area contributed by atoms with E-state index in [2.05, 4.69) is 4.74 Å². The standard InChI is InChI=1S/C10H14F3NO3/c1-9(14,6-4-2-3-5-6)7(15)17-8(16)10(11,12)13/h6H,2-5,14H2,1H3/t9-/m0/s1. The summed E-state index contributed by atoms with van der Waals surface area (Å²) in [6.45, 7) is 1.30. The van der Waals surface area contributed by atoms with Crippen LogP contribution in [0.1, 0.15) is 32.6 Å². The molecule has 7 heteroatoms. The van der Waals surface area contributed by atoms with Crippen molar-refractivity contribution in [3.8, 4) is 0 Å². The van der Waals surface area contributed by atoms with Crippen molar-refractivity contribution < 1.29 is 27.5 Å². The molecule has 1 fully saturated rings. The molecular formula is C10H14F3NO3. The van der Waals surface area contributed by atoms with Gasteiger partial charge in [-0.15, -0.1) is 0 Å². The Kier molecular flexibility index (Phi) is 3.81. The van der Waals surface area contributed by atoms with Gasteiger partial charge in [0, 0.05) is 0 Å².